The van der Waals surface area contributed by atoms with Crippen LogP contribution in [0.2, 0.25) is 0 Å². The lowest BCUT2D eigenvalue weighted by Crippen LogP contribution is -2.10. The predicted molar refractivity (Wildman–Crippen MR) is 96.9 cm³/mol. The van der Waals surface area contributed by atoms with E-state index in [9.17, 15) is 4.39 Å². The molecule has 2 aromatic carbocycles. The molecule has 23 heavy (non-hydrogen) atoms. The van der Waals surface area contributed by atoms with Gasteiger partial charge in [-0.1, -0.05) is 50.1 Å². The fourth-order valence-electron chi connectivity index (χ4n) is 3.37. The molecule has 0 radical (unpaired) electrons. The third-order valence-electron chi connectivity index (χ3n) is 4.85. The van der Waals surface area contributed by atoms with E-state index in [-0.39, 0.29) is 11.5 Å². The Morgan fingerprint density at radius 3 is 2.26 bits per heavy atom. The summed E-state index contributed by atoms with van der Waals surface area (Å²) in [4.78, 5) is 3.71. The van der Waals surface area contributed by atoms with Gasteiger partial charge in [0.05, 0.1) is 5.16 Å². The van der Waals surface area contributed by atoms with Crippen LogP contribution in [-0.2, 0) is 0 Å². The summed E-state index contributed by atoms with van der Waals surface area (Å²) in [6.45, 7) is 2.34. The molecule has 1 saturated carbocycles. The van der Waals surface area contributed by atoms with Crippen LogP contribution in [0.4, 0.5) is 10.1 Å². The zero-order valence-electron chi connectivity index (χ0n) is 13.3. The number of isothiocyanates is 1. The number of rotatable bonds is 3. The highest BCUT2D eigenvalue weighted by Gasteiger charge is 2.19. The largest absolute Gasteiger partial charge is 0.205 e. The van der Waals surface area contributed by atoms with E-state index in [1.807, 2.05) is 6.07 Å². The maximum absolute atomic E-state index is 13.9. The molecular weight excluding hydrogens is 305 g/mol. The first-order chi connectivity index (χ1) is 11.2. The molecular formula is C20H20FNS. The summed E-state index contributed by atoms with van der Waals surface area (Å²) < 4.78 is 13.9. The van der Waals surface area contributed by atoms with Gasteiger partial charge in [0.2, 0.25) is 0 Å². The second-order valence-corrected chi connectivity index (χ2v) is 6.63. The van der Waals surface area contributed by atoms with E-state index in [0.717, 1.165) is 17.0 Å². The highest BCUT2D eigenvalue weighted by molar-refractivity contribution is 7.78. The van der Waals surface area contributed by atoms with Crippen molar-refractivity contribution in [3.05, 3.63) is 53.8 Å². The van der Waals surface area contributed by atoms with Gasteiger partial charge in [0, 0.05) is 0 Å². The van der Waals surface area contributed by atoms with Gasteiger partial charge in [-0.15, -0.1) is 0 Å². The van der Waals surface area contributed by atoms with Crippen molar-refractivity contribution in [2.24, 2.45) is 10.9 Å². The Balaban J connectivity index is 1.79. The molecule has 0 atom stereocenters. The van der Waals surface area contributed by atoms with Gasteiger partial charge in [0.25, 0.3) is 0 Å². The topological polar surface area (TPSA) is 12.4 Å². The van der Waals surface area contributed by atoms with Gasteiger partial charge >= 0.3 is 0 Å². The summed E-state index contributed by atoms with van der Waals surface area (Å²) in [5.74, 6) is 1.17. The van der Waals surface area contributed by atoms with Crippen LogP contribution in [0.1, 0.15) is 44.1 Å². The number of aliphatic imine (C=N–C) groups is 1. The fraction of sp³-hybridized carbons (Fsp3) is 0.350. The molecule has 1 nitrogen and oxygen atoms in total. The van der Waals surface area contributed by atoms with Gasteiger partial charge in [-0.05, 0) is 65.7 Å². The lowest BCUT2D eigenvalue weighted by Gasteiger charge is -2.26. The van der Waals surface area contributed by atoms with Crippen LogP contribution in [0.15, 0.2) is 47.5 Å². The summed E-state index contributed by atoms with van der Waals surface area (Å²) in [5, 5.41) is 2.20. The summed E-state index contributed by atoms with van der Waals surface area (Å²) in [5.41, 5.74) is 3.52. The van der Waals surface area contributed by atoms with Crippen molar-refractivity contribution in [3.63, 3.8) is 0 Å². The van der Waals surface area contributed by atoms with Crippen molar-refractivity contribution >= 4 is 23.1 Å². The van der Waals surface area contributed by atoms with E-state index in [4.69, 9.17) is 0 Å². The summed E-state index contributed by atoms with van der Waals surface area (Å²) in [6, 6.07) is 13.6. The van der Waals surface area contributed by atoms with E-state index in [1.165, 1.54) is 37.3 Å². The number of benzene rings is 2. The molecule has 2 aromatic rings. The van der Waals surface area contributed by atoms with Crippen molar-refractivity contribution in [2.75, 3.05) is 0 Å². The lowest BCUT2D eigenvalue weighted by atomic mass is 9.79. The molecule has 3 rings (SSSR count). The zero-order valence-corrected chi connectivity index (χ0v) is 14.1. The van der Waals surface area contributed by atoms with E-state index >= 15 is 0 Å². The van der Waals surface area contributed by atoms with Crippen molar-refractivity contribution in [1.29, 1.82) is 0 Å². The number of nitrogens with zero attached hydrogens (tertiary/aromatic N) is 1. The predicted octanol–water partition coefficient (Wildman–Crippen LogP) is 6.52. The molecule has 1 aliphatic rings. The van der Waals surface area contributed by atoms with Gasteiger partial charge in [0.1, 0.15) is 11.5 Å². The molecule has 0 bridgehead atoms. The summed E-state index contributed by atoms with van der Waals surface area (Å²) >= 11 is 4.52. The van der Waals surface area contributed by atoms with Gasteiger partial charge in [-0.25, -0.2) is 4.39 Å². The second-order valence-electron chi connectivity index (χ2n) is 6.45. The molecule has 0 saturated heterocycles. The van der Waals surface area contributed by atoms with Crippen LogP contribution in [0.5, 0.6) is 0 Å². The standard InChI is InChI=1S/C20H20FNS/c1-14-2-4-15(5-3-14)16-6-8-17(9-7-16)18-10-11-20(22-13-23)19(21)12-18/h6-12,14-15H,2-5H2,1H3. The monoisotopic (exact) mass is 325 g/mol. The van der Waals surface area contributed by atoms with Gasteiger partial charge in [-0.2, -0.15) is 4.99 Å². The van der Waals surface area contributed by atoms with E-state index < -0.39 is 0 Å². The minimum absolute atomic E-state index is 0.233. The van der Waals surface area contributed by atoms with Gasteiger partial charge in [0.15, 0.2) is 0 Å². The third-order valence-corrected chi connectivity index (χ3v) is 4.94. The molecule has 0 amide bonds. The second kappa shape index (κ2) is 7.16. The molecule has 0 heterocycles. The van der Waals surface area contributed by atoms with Crippen molar-refractivity contribution in [1.82, 2.24) is 0 Å². The smallest absolute Gasteiger partial charge is 0.150 e. The van der Waals surface area contributed by atoms with Crippen molar-refractivity contribution in [3.8, 4) is 11.1 Å². The molecule has 3 heteroatoms. The van der Waals surface area contributed by atoms with E-state index in [1.54, 1.807) is 6.07 Å². The molecule has 0 aromatic heterocycles. The van der Waals surface area contributed by atoms with Gasteiger partial charge in [-0.3, -0.25) is 0 Å². The summed E-state index contributed by atoms with van der Waals surface area (Å²) in [6.07, 6.45) is 5.19. The SMILES string of the molecule is CC1CCC(c2ccc(-c3ccc(N=C=S)c(F)c3)cc2)CC1. The average molecular weight is 325 g/mol. The van der Waals surface area contributed by atoms with Crippen molar-refractivity contribution in [2.45, 2.75) is 38.5 Å². The van der Waals surface area contributed by atoms with E-state index in [0.29, 0.717) is 5.92 Å². The number of hydrogen-bond donors (Lipinski definition) is 0. The molecule has 118 valence electrons. The maximum Gasteiger partial charge on any atom is 0.150 e. The van der Waals surface area contributed by atoms with Crippen LogP contribution < -0.4 is 0 Å². The molecule has 1 aliphatic carbocycles. The third kappa shape index (κ3) is 3.74. The zero-order chi connectivity index (χ0) is 16.2. The average Bonchev–Trinajstić information content (AvgIpc) is 2.58. The number of thiocarbonyl (C=S) groups is 1. The first-order valence-corrected chi connectivity index (χ1v) is 8.56. The van der Waals surface area contributed by atoms with Crippen LogP contribution in [0.25, 0.3) is 11.1 Å². The Kier molecular flexibility index (Phi) is 5.00. The lowest BCUT2D eigenvalue weighted by molar-refractivity contribution is 0.348. The Bertz CT molecular complexity index is 724. The Labute approximate surface area is 142 Å². The van der Waals surface area contributed by atoms with Crippen LogP contribution in [0, 0.1) is 11.7 Å². The molecule has 1 fully saturated rings. The maximum atomic E-state index is 13.9. The van der Waals surface area contributed by atoms with Crippen LogP contribution >= 0.6 is 12.2 Å². The highest BCUT2D eigenvalue weighted by Crippen LogP contribution is 2.36. The minimum Gasteiger partial charge on any atom is -0.205 e. The quantitative estimate of drug-likeness (QED) is 0.462. The molecule has 0 aliphatic heterocycles. The Morgan fingerprint density at radius 2 is 1.65 bits per heavy atom. The number of hydrogen-bond acceptors (Lipinski definition) is 2. The fourth-order valence-corrected chi connectivity index (χ4v) is 3.47. The molecule has 0 N–H and O–H groups in total. The van der Waals surface area contributed by atoms with Crippen molar-refractivity contribution < 1.29 is 4.39 Å². The minimum atomic E-state index is -0.370. The highest BCUT2D eigenvalue weighted by atomic mass is 32.1. The van der Waals surface area contributed by atoms with Crippen LogP contribution in [0.3, 0.4) is 0 Å². The number of halogens is 1. The summed E-state index contributed by atoms with van der Waals surface area (Å²) in [7, 11) is 0. The van der Waals surface area contributed by atoms with Gasteiger partial charge < -0.3 is 0 Å². The Morgan fingerprint density at radius 1 is 1.00 bits per heavy atom. The van der Waals surface area contributed by atoms with E-state index in [2.05, 4.69) is 53.6 Å². The first kappa shape index (κ1) is 16.0. The molecule has 0 unspecified atom stereocenters. The Hall–Kier alpha value is -1.83. The molecule has 0 spiro atoms. The van der Waals surface area contributed by atoms with Crippen LogP contribution in [-0.4, -0.2) is 5.16 Å². The normalized spacial score (nSPS) is 20.8. The first-order valence-electron chi connectivity index (χ1n) is 8.15.